The van der Waals surface area contributed by atoms with Crippen LogP contribution in [0.1, 0.15) is 112 Å². The van der Waals surface area contributed by atoms with Crippen molar-refractivity contribution >= 4 is 22.8 Å². The molecule has 2 unspecified atom stereocenters. The van der Waals surface area contributed by atoms with E-state index in [1.807, 2.05) is 0 Å². The van der Waals surface area contributed by atoms with Crippen LogP contribution in [0.2, 0.25) is 0 Å². The normalized spacial score (nSPS) is 19.5. The fourth-order valence-electron chi connectivity index (χ4n) is 5.39. The van der Waals surface area contributed by atoms with Crippen LogP contribution in [-0.2, 0) is 0 Å². The van der Waals surface area contributed by atoms with Gasteiger partial charge >= 0.3 is 0 Å². The van der Waals surface area contributed by atoms with E-state index >= 15 is 0 Å². The highest BCUT2D eigenvalue weighted by molar-refractivity contribution is 6.06. The predicted octanol–water partition coefficient (Wildman–Crippen LogP) is 8.58. The molecule has 174 valence electrons. The quantitative estimate of drug-likeness (QED) is 0.393. The highest BCUT2D eigenvalue weighted by atomic mass is 14.9. The molecule has 0 aliphatic carbocycles. The number of aromatic nitrogens is 1. The van der Waals surface area contributed by atoms with E-state index in [-0.39, 0.29) is 0 Å². The van der Waals surface area contributed by atoms with Crippen molar-refractivity contribution in [2.75, 3.05) is 0 Å². The number of fused-ring (bicyclic) bond motifs is 2. The van der Waals surface area contributed by atoms with Crippen molar-refractivity contribution < 1.29 is 0 Å². The van der Waals surface area contributed by atoms with Crippen molar-refractivity contribution in [3.8, 4) is 0 Å². The zero-order valence-corrected chi connectivity index (χ0v) is 21.3. The van der Waals surface area contributed by atoms with Crippen LogP contribution in [0.25, 0.3) is 0 Å². The summed E-state index contributed by atoms with van der Waals surface area (Å²) >= 11 is 0. The number of hydrogen-bond acceptors (Lipinski definition) is 3. The molecule has 0 spiro atoms. The lowest BCUT2D eigenvalue weighted by Gasteiger charge is -2.26. The average Bonchev–Trinajstić information content (AvgIpc) is 2.83. The number of pyridine rings is 1. The second-order valence-corrected chi connectivity index (χ2v) is 10.6. The third-order valence-corrected chi connectivity index (χ3v) is 7.34. The van der Waals surface area contributed by atoms with Gasteiger partial charge in [-0.3, -0.25) is 9.98 Å². The molecule has 2 aromatic carbocycles. The number of nitrogens with zero attached hydrogens (tertiary/aromatic N) is 3. The van der Waals surface area contributed by atoms with E-state index in [0.717, 1.165) is 47.0 Å². The maximum atomic E-state index is 5.18. The Morgan fingerprint density at radius 3 is 1.44 bits per heavy atom. The molecule has 3 heteroatoms. The fraction of sp³-hybridized carbons (Fsp3) is 0.387. The molecule has 2 aliphatic rings. The van der Waals surface area contributed by atoms with Gasteiger partial charge in [0.25, 0.3) is 0 Å². The van der Waals surface area contributed by atoms with Gasteiger partial charge in [-0.1, -0.05) is 84.0 Å². The summed E-state index contributed by atoms with van der Waals surface area (Å²) in [6.07, 6.45) is 1.82. The second-order valence-electron chi connectivity index (χ2n) is 10.6. The molecule has 5 rings (SSSR count). The Hall–Kier alpha value is -3.07. The average molecular weight is 450 g/mol. The van der Waals surface area contributed by atoms with Crippen molar-refractivity contribution in [2.45, 2.75) is 78.1 Å². The van der Waals surface area contributed by atoms with Crippen LogP contribution < -0.4 is 0 Å². The van der Waals surface area contributed by atoms with Crippen LogP contribution in [0.5, 0.6) is 0 Å². The van der Waals surface area contributed by atoms with Crippen LogP contribution in [0.4, 0.5) is 11.4 Å². The predicted molar refractivity (Wildman–Crippen MR) is 144 cm³/mol. The third kappa shape index (κ3) is 4.02. The molecule has 0 saturated heterocycles. The molecule has 34 heavy (non-hydrogen) atoms. The molecule has 2 aliphatic heterocycles. The van der Waals surface area contributed by atoms with Gasteiger partial charge in [-0.05, 0) is 70.9 Å². The lowest BCUT2D eigenvalue weighted by Crippen LogP contribution is -2.17. The van der Waals surface area contributed by atoms with E-state index in [2.05, 4.69) is 96.1 Å². The molecule has 1 aromatic heterocycles. The Kier molecular flexibility index (Phi) is 5.97. The summed E-state index contributed by atoms with van der Waals surface area (Å²) in [6.45, 7) is 13.6. The van der Waals surface area contributed by atoms with Crippen molar-refractivity contribution in [3.63, 3.8) is 0 Å². The molecule has 0 saturated carbocycles. The first-order chi connectivity index (χ1) is 16.3. The molecule has 0 amide bonds. The number of para-hydroxylation sites is 2. The number of benzene rings is 2. The lowest BCUT2D eigenvalue weighted by molar-refractivity contribution is 0.774. The molecule has 3 nitrogen and oxygen atoms in total. The molecule has 0 N–H and O–H groups in total. The first-order valence-corrected chi connectivity index (χ1v) is 12.7. The molecule has 0 radical (unpaired) electrons. The standard InChI is InChI=1S/C31H35N3/c1-18(2)22-10-7-12-24-20(5)16-28(33-30(22)24)26-14-9-15-27(32-26)29-17-21(6)25-13-8-11-23(19(3)4)31(25)34-29/h7-15,18-21H,16-17H2,1-6H3. The number of rotatable bonds is 4. The molecule has 2 atom stereocenters. The maximum Gasteiger partial charge on any atom is 0.0852 e. The SMILES string of the molecule is CC(C)c1cccc2c1N=C(c1cccc(C3=Nc4c(C(C)C)cccc4C(C)C3)n1)CC2C. The van der Waals surface area contributed by atoms with Gasteiger partial charge in [-0.25, -0.2) is 4.98 Å². The molecular formula is C31H35N3. The molecule has 0 fully saturated rings. The zero-order chi connectivity index (χ0) is 24.0. The van der Waals surface area contributed by atoms with Gasteiger partial charge in [0.1, 0.15) is 0 Å². The zero-order valence-electron chi connectivity index (χ0n) is 21.3. The number of hydrogen-bond donors (Lipinski definition) is 0. The Morgan fingerprint density at radius 2 is 1.03 bits per heavy atom. The summed E-state index contributed by atoms with van der Waals surface area (Å²) in [6, 6.07) is 19.6. The summed E-state index contributed by atoms with van der Waals surface area (Å²) < 4.78 is 0. The van der Waals surface area contributed by atoms with Crippen LogP contribution in [-0.4, -0.2) is 16.4 Å². The van der Waals surface area contributed by atoms with Gasteiger partial charge < -0.3 is 0 Å². The third-order valence-electron chi connectivity index (χ3n) is 7.34. The topological polar surface area (TPSA) is 37.6 Å². The van der Waals surface area contributed by atoms with Crippen molar-refractivity contribution in [1.29, 1.82) is 0 Å². The fourth-order valence-corrected chi connectivity index (χ4v) is 5.39. The van der Waals surface area contributed by atoms with Crippen LogP contribution in [0.15, 0.2) is 64.6 Å². The number of aliphatic imine (C=N–C) groups is 2. The van der Waals surface area contributed by atoms with E-state index in [1.165, 1.54) is 22.3 Å². The lowest BCUT2D eigenvalue weighted by atomic mass is 9.85. The van der Waals surface area contributed by atoms with Gasteiger partial charge in [-0.2, -0.15) is 0 Å². The van der Waals surface area contributed by atoms with Gasteiger partial charge in [-0.15, -0.1) is 0 Å². The summed E-state index contributed by atoms with van der Waals surface area (Å²) in [7, 11) is 0. The first-order valence-electron chi connectivity index (χ1n) is 12.7. The Bertz CT molecular complexity index is 1200. The van der Waals surface area contributed by atoms with Crippen molar-refractivity contribution in [2.24, 2.45) is 9.98 Å². The highest BCUT2D eigenvalue weighted by Gasteiger charge is 2.26. The molecule has 3 aromatic rings. The largest absolute Gasteiger partial charge is 0.251 e. The first kappa shape index (κ1) is 22.7. The molecule has 3 heterocycles. The monoisotopic (exact) mass is 449 g/mol. The van der Waals surface area contributed by atoms with Gasteiger partial charge in [0, 0.05) is 0 Å². The van der Waals surface area contributed by atoms with E-state index in [9.17, 15) is 0 Å². The minimum absolute atomic E-state index is 0.430. The highest BCUT2D eigenvalue weighted by Crippen LogP contribution is 2.42. The summed E-state index contributed by atoms with van der Waals surface area (Å²) in [5.74, 6) is 1.74. The van der Waals surface area contributed by atoms with Crippen LogP contribution in [0.3, 0.4) is 0 Å². The van der Waals surface area contributed by atoms with Gasteiger partial charge in [0.05, 0.1) is 34.2 Å². The minimum Gasteiger partial charge on any atom is -0.251 e. The smallest absolute Gasteiger partial charge is 0.0852 e. The summed E-state index contributed by atoms with van der Waals surface area (Å²) in [5.41, 5.74) is 11.8. The Morgan fingerprint density at radius 1 is 0.618 bits per heavy atom. The second kappa shape index (κ2) is 8.94. The van der Waals surface area contributed by atoms with E-state index in [4.69, 9.17) is 15.0 Å². The molecule has 0 bridgehead atoms. The minimum atomic E-state index is 0.430. The Labute approximate surface area is 204 Å². The van der Waals surface area contributed by atoms with Crippen molar-refractivity contribution in [1.82, 2.24) is 4.98 Å². The molecular weight excluding hydrogens is 414 g/mol. The van der Waals surface area contributed by atoms with Gasteiger partial charge in [0.15, 0.2) is 0 Å². The summed E-state index contributed by atoms with van der Waals surface area (Å²) in [4.78, 5) is 15.5. The van der Waals surface area contributed by atoms with E-state index in [1.54, 1.807) is 0 Å². The van der Waals surface area contributed by atoms with Crippen molar-refractivity contribution in [3.05, 3.63) is 88.2 Å². The Balaban J connectivity index is 1.57. The van der Waals surface area contributed by atoms with E-state index in [0.29, 0.717) is 23.7 Å². The van der Waals surface area contributed by atoms with E-state index < -0.39 is 0 Å². The van der Waals surface area contributed by atoms with Crippen LogP contribution in [0, 0.1) is 0 Å². The summed E-state index contributed by atoms with van der Waals surface area (Å²) in [5, 5.41) is 0. The maximum absolute atomic E-state index is 5.18. The van der Waals surface area contributed by atoms with Gasteiger partial charge in [0.2, 0.25) is 0 Å². The van der Waals surface area contributed by atoms with Crippen LogP contribution >= 0.6 is 0 Å².